The molecule has 0 aliphatic carbocycles. The van der Waals surface area contributed by atoms with Crippen LogP contribution in [0.2, 0.25) is 0 Å². The summed E-state index contributed by atoms with van der Waals surface area (Å²) in [6.07, 6.45) is 1.99. The lowest BCUT2D eigenvalue weighted by atomic mass is 10.1. The smallest absolute Gasteiger partial charge is 0.122 e. The molecule has 92 valence electrons. The number of nitrogens with two attached hydrogens (primary N) is 1. The van der Waals surface area contributed by atoms with Gasteiger partial charge < -0.3 is 15.4 Å². The van der Waals surface area contributed by atoms with Crippen LogP contribution in [-0.2, 0) is 4.74 Å². The van der Waals surface area contributed by atoms with E-state index in [0.717, 1.165) is 18.8 Å². The Kier molecular flexibility index (Phi) is 3.59. The van der Waals surface area contributed by atoms with Crippen LogP contribution >= 0.6 is 12.2 Å². The molecule has 0 saturated carbocycles. The van der Waals surface area contributed by atoms with Gasteiger partial charge in [-0.15, -0.1) is 0 Å². The number of thiocarbonyl (C=S) groups is 1. The molecule has 2 heterocycles. The molecule has 1 aromatic heterocycles. The Morgan fingerprint density at radius 1 is 1.59 bits per heavy atom. The quantitative estimate of drug-likeness (QED) is 0.804. The van der Waals surface area contributed by atoms with Gasteiger partial charge in [0, 0.05) is 24.5 Å². The Labute approximate surface area is 107 Å². The number of nitrogens with zero attached hydrogens (tertiary/aromatic N) is 2. The summed E-state index contributed by atoms with van der Waals surface area (Å²) in [6, 6.07) is 4.28. The van der Waals surface area contributed by atoms with Gasteiger partial charge >= 0.3 is 0 Å². The van der Waals surface area contributed by atoms with Gasteiger partial charge in [0.1, 0.15) is 4.99 Å². The maximum absolute atomic E-state index is 5.61. The molecule has 0 radical (unpaired) electrons. The van der Waals surface area contributed by atoms with E-state index in [1.165, 1.54) is 0 Å². The molecule has 1 aliphatic rings. The molecule has 2 unspecified atom stereocenters. The van der Waals surface area contributed by atoms with Crippen LogP contribution < -0.4 is 10.6 Å². The van der Waals surface area contributed by atoms with Gasteiger partial charge in [-0.2, -0.15) is 0 Å². The van der Waals surface area contributed by atoms with Crippen molar-refractivity contribution in [2.24, 2.45) is 5.73 Å². The first-order valence-corrected chi connectivity index (χ1v) is 6.13. The molecule has 1 aliphatic heterocycles. The minimum Gasteiger partial charge on any atom is -0.388 e. The summed E-state index contributed by atoms with van der Waals surface area (Å²) in [5, 5.41) is 0. The highest BCUT2D eigenvalue weighted by atomic mass is 32.1. The second kappa shape index (κ2) is 4.98. The average Bonchev–Trinajstić information content (AvgIpc) is 2.32. The van der Waals surface area contributed by atoms with Crippen LogP contribution in [0.5, 0.6) is 0 Å². The van der Waals surface area contributed by atoms with Gasteiger partial charge in [-0.25, -0.2) is 0 Å². The predicted octanol–water partition coefficient (Wildman–Crippen LogP) is 1.33. The molecular weight excluding hydrogens is 234 g/mol. The zero-order valence-electron chi connectivity index (χ0n) is 10.1. The van der Waals surface area contributed by atoms with Crippen molar-refractivity contribution in [3.63, 3.8) is 0 Å². The van der Waals surface area contributed by atoms with Gasteiger partial charge in [0.25, 0.3) is 0 Å². The molecule has 1 saturated heterocycles. The lowest BCUT2D eigenvalue weighted by Crippen LogP contribution is -2.47. The van der Waals surface area contributed by atoms with E-state index < -0.39 is 0 Å². The number of anilines is 1. The molecule has 2 rings (SSSR count). The maximum Gasteiger partial charge on any atom is 0.122 e. The fourth-order valence-corrected chi connectivity index (χ4v) is 2.11. The summed E-state index contributed by atoms with van der Waals surface area (Å²) in [4.78, 5) is 6.79. The molecule has 4 nitrogen and oxygen atoms in total. The highest BCUT2D eigenvalue weighted by Gasteiger charge is 2.23. The van der Waals surface area contributed by atoms with Crippen molar-refractivity contribution < 1.29 is 4.74 Å². The third-order valence-corrected chi connectivity index (χ3v) is 3.14. The summed E-state index contributed by atoms with van der Waals surface area (Å²) < 4.78 is 5.61. The van der Waals surface area contributed by atoms with Gasteiger partial charge in [0.15, 0.2) is 0 Å². The Bertz CT molecular complexity index is 424. The largest absolute Gasteiger partial charge is 0.388 e. The standard InChI is InChI=1S/C12H17N3OS/c1-8-7-16-9(2)6-15(8)10-3-4-14-11(5-10)12(13)17/h3-5,8-9H,6-7H2,1-2H3,(H2,13,17). The molecular formula is C12H17N3OS. The van der Waals surface area contributed by atoms with E-state index >= 15 is 0 Å². The van der Waals surface area contributed by atoms with Gasteiger partial charge in [0.05, 0.1) is 18.4 Å². The summed E-state index contributed by atoms with van der Waals surface area (Å²) in [5.74, 6) is 0. The lowest BCUT2D eigenvalue weighted by Gasteiger charge is -2.38. The Morgan fingerprint density at radius 3 is 3.06 bits per heavy atom. The van der Waals surface area contributed by atoms with Crippen LogP contribution in [-0.4, -0.2) is 35.3 Å². The Hall–Kier alpha value is -1.20. The third kappa shape index (κ3) is 2.73. The SMILES string of the molecule is CC1CN(c2ccnc(C(N)=S)c2)C(C)CO1. The number of hydrogen-bond acceptors (Lipinski definition) is 4. The molecule has 17 heavy (non-hydrogen) atoms. The molecule has 1 fully saturated rings. The topological polar surface area (TPSA) is 51.4 Å². The first-order valence-electron chi connectivity index (χ1n) is 5.72. The second-order valence-electron chi connectivity index (χ2n) is 4.41. The number of morpholine rings is 1. The molecule has 0 amide bonds. The molecule has 2 atom stereocenters. The fourth-order valence-electron chi connectivity index (χ4n) is 2.00. The highest BCUT2D eigenvalue weighted by Crippen LogP contribution is 2.21. The number of aromatic nitrogens is 1. The van der Waals surface area contributed by atoms with E-state index in [-0.39, 0.29) is 6.10 Å². The van der Waals surface area contributed by atoms with Gasteiger partial charge in [-0.3, -0.25) is 4.98 Å². The normalized spacial score (nSPS) is 24.7. The van der Waals surface area contributed by atoms with Crippen LogP contribution in [0.3, 0.4) is 0 Å². The van der Waals surface area contributed by atoms with Crippen molar-refractivity contribution in [2.45, 2.75) is 26.0 Å². The van der Waals surface area contributed by atoms with Crippen LogP contribution in [0.15, 0.2) is 18.3 Å². The van der Waals surface area contributed by atoms with Crippen molar-refractivity contribution in [1.82, 2.24) is 4.98 Å². The number of rotatable bonds is 2. The zero-order chi connectivity index (χ0) is 12.4. The fraction of sp³-hybridized carbons (Fsp3) is 0.500. The number of hydrogen-bond donors (Lipinski definition) is 1. The predicted molar refractivity (Wildman–Crippen MR) is 72.3 cm³/mol. The summed E-state index contributed by atoms with van der Waals surface area (Å²) >= 11 is 4.95. The van der Waals surface area contributed by atoms with E-state index in [1.54, 1.807) is 6.20 Å². The van der Waals surface area contributed by atoms with Gasteiger partial charge in [-0.05, 0) is 26.0 Å². The highest BCUT2D eigenvalue weighted by molar-refractivity contribution is 7.80. The summed E-state index contributed by atoms with van der Waals surface area (Å²) in [6.45, 7) is 5.84. The Morgan fingerprint density at radius 2 is 2.35 bits per heavy atom. The van der Waals surface area contributed by atoms with E-state index in [9.17, 15) is 0 Å². The molecule has 2 N–H and O–H groups in total. The molecule has 5 heteroatoms. The van der Waals surface area contributed by atoms with Crippen LogP contribution in [0, 0.1) is 0 Å². The van der Waals surface area contributed by atoms with Crippen molar-refractivity contribution in [3.05, 3.63) is 24.0 Å². The summed E-state index contributed by atoms with van der Waals surface area (Å²) in [5.41, 5.74) is 7.37. The summed E-state index contributed by atoms with van der Waals surface area (Å²) in [7, 11) is 0. The number of ether oxygens (including phenoxy) is 1. The third-order valence-electron chi connectivity index (χ3n) is 2.94. The zero-order valence-corrected chi connectivity index (χ0v) is 10.9. The first kappa shape index (κ1) is 12.3. The second-order valence-corrected chi connectivity index (χ2v) is 4.85. The van der Waals surface area contributed by atoms with E-state index in [4.69, 9.17) is 22.7 Å². The van der Waals surface area contributed by atoms with Gasteiger partial charge in [0.2, 0.25) is 0 Å². The van der Waals surface area contributed by atoms with Crippen LogP contribution in [0.25, 0.3) is 0 Å². The maximum atomic E-state index is 5.61. The molecule has 1 aromatic rings. The van der Waals surface area contributed by atoms with E-state index in [2.05, 4.69) is 23.7 Å². The molecule has 0 aromatic carbocycles. The Balaban J connectivity index is 2.26. The monoisotopic (exact) mass is 251 g/mol. The molecule has 0 bridgehead atoms. The van der Waals surface area contributed by atoms with Crippen LogP contribution in [0.4, 0.5) is 5.69 Å². The van der Waals surface area contributed by atoms with Crippen molar-refractivity contribution >= 4 is 22.9 Å². The number of pyridine rings is 1. The lowest BCUT2D eigenvalue weighted by molar-refractivity contribution is 0.0344. The van der Waals surface area contributed by atoms with Crippen molar-refractivity contribution in [1.29, 1.82) is 0 Å². The first-order chi connectivity index (χ1) is 8.08. The van der Waals surface area contributed by atoms with E-state index in [0.29, 0.717) is 16.7 Å². The van der Waals surface area contributed by atoms with Gasteiger partial charge in [-0.1, -0.05) is 12.2 Å². The minimum absolute atomic E-state index is 0.243. The minimum atomic E-state index is 0.243. The van der Waals surface area contributed by atoms with E-state index in [1.807, 2.05) is 12.1 Å². The van der Waals surface area contributed by atoms with Crippen molar-refractivity contribution in [2.75, 3.05) is 18.1 Å². The van der Waals surface area contributed by atoms with Crippen molar-refractivity contribution in [3.8, 4) is 0 Å². The average molecular weight is 251 g/mol. The van der Waals surface area contributed by atoms with Crippen LogP contribution in [0.1, 0.15) is 19.5 Å². The molecule has 0 spiro atoms.